The minimum absolute atomic E-state index is 0.127. The van der Waals surface area contributed by atoms with E-state index in [1.54, 1.807) is 0 Å². The number of hydrogen-bond acceptors (Lipinski definition) is 3. The first kappa shape index (κ1) is 12.4. The number of thiocarbonyl (C=S) groups is 1. The van der Waals surface area contributed by atoms with Crippen LogP contribution >= 0.6 is 12.2 Å². The van der Waals surface area contributed by atoms with Gasteiger partial charge in [-0.3, -0.25) is 0 Å². The first-order chi connectivity index (χ1) is 7.07. The molecule has 1 rings (SSSR count). The highest BCUT2D eigenvalue weighted by atomic mass is 32.1. The Labute approximate surface area is 96.8 Å². The summed E-state index contributed by atoms with van der Waals surface area (Å²) in [4.78, 5) is 14.6. The first-order valence-corrected chi connectivity index (χ1v) is 5.95. The van der Waals surface area contributed by atoms with Crippen LogP contribution in [0, 0.1) is 5.92 Å². The third-order valence-electron chi connectivity index (χ3n) is 2.59. The molecule has 0 aromatic rings. The molecule has 0 aromatic carbocycles. The zero-order valence-corrected chi connectivity index (χ0v) is 10.5. The lowest BCUT2D eigenvalue weighted by Gasteiger charge is -2.27. The maximum absolute atomic E-state index is 11.7. The molecule has 15 heavy (non-hydrogen) atoms. The van der Waals surface area contributed by atoms with Crippen molar-refractivity contribution in [2.45, 2.75) is 39.7 Å². The molecule has 0 saturated carbocycles. The monoisotopic (exact) mass is 229 g/mol. The minimum Gasteiger partial charge on any atom is -0.464 e. The quantitative estimate of drug-likeness (QED) is 0.547. The molecular weight excluding hydrogens is 210 g/mol. The highest BCUT2D eigenvalue weighted by molar-refractivity contribution is 7.80. The van der Waals surface area contributed by atoms with Gasteiger partial charge in [0, 0.05) is 12.5 Å². The van der Waals surface area contributed by atoms with Crippen molar-refractivity contribution in [2.75, 3.05) is 13.2 Å². The minimum atomic E-state index is -0.139. The van der Waals surface area contributed by atoms with Crippen LogP contribution in [0.25, 0.3) is 0 Å². The van der Waals surface area contributed by atoms with Crippen LogP contribution in [0.1, 0.15) is 33.6 Å². The Bertz CT molecular complexity index is 253. The van der Waals surface area contributed by atoms with Crippen LogP contribution in [-0.2, 0) is 9.53 Å². The number of rotatable bonds is 3. The van der Waals surface area contributed by atoms with Gasteiger partial charge < -0.3 is 9.64 Å². The number of hydrogen-bond donors (Lipinski definition) is 0. The molecule has 1 heterocycles. The van der Waals surface area contributed by atoms with Crippen LogP contribution in [0.3, 0.4) is 0 Å². The number of nitrogens with zero attached hydrogens (tertiary/aromatic N) is 1. The van der Waals surface area contributed by atoms with Gasteiger partial charge in [0.05, 0.1) is 11.6 Å². The van der Waals surface area contributed by atoms with E-state index in [2.05, 4.69) is 13.8 Å². The van der Waals surface area contributed by atoms with E-state index in [4.69, 9.17) is 17.0 Å². The molecule has 0 aliphatic carbocycles. The Morgan fingerprint density at radius 1 is 1.60 bits per heavy atom. The van der Waals surface area contributed by atoms with Crippen molar-refractivity contribution in [3.63, 3.8) is 0 Å². The normalized spacial score (nSPS) is 20.8. The standard InChI is InChI=1S/C11H19NO2S/c1-4-14-11(13)9-6-5-7-12(9)10(15)8(2)3/h8-9H,4-7H2,1-3H3. The second kappa shape index (κ2) is 5.45. The van der Waals surface area contributed by atoms with Crippen LogP contribution in [0.4, 0.5) is 0 Å². The van der Waals surface area contributed by atoms with E-state index >= 15 is 0 Å². The number of esters is 1. The van der Waals surface area contributed by atoms with Gasteiger partial charge in [-0.05, 0) is 19.8 Å². The summed E-state index contributed by atoms with van der Waals surface area (Å²) in [6, 6.07) is -0.139. The van der Waals surface area contributed by atoms with Crippen molar-refractivity contribution in [1.82, 2.24) is 4.90 Å². The molecule has 4 heteroatoms. The fourth-order valence-electron chi connectivity index (χ4n) is 1.85. The van der Waals surface area contributed by atoms with Crippen molar-refractivity contribution in [1.29, 1.82) is 0 Å². The van der Waals surface area contributed by atoms with Crippen molar-refractivity contribution >= 4 is 23.2 Å². The van der Waals surface area contributed by atoms with Gasteiger partial charge in [0.2, 0.25) is 0 Å². The van der Waals surface area contributed by atoms with Gasteiger partial charge >= 0.3 is 5.97 Å². The zero-order valence-electron chi connectivity index (χ0n) is 9.66. The number of likely N-dealkylation sites (tertiary alicyclic amines) is 1. The molecule has 1 aliphatic heterocycles. The zero-order chi connectivity index (χ0) is 11.4. The molecule has 1 atom stereocenters. The Morgan fingerprint density at radius 2 is 2.27 bits per heavy atom. The lowest BCUT2D eigenvalue weighted by Crippen LogP contribution is -2.42. The average molecular weight is 229 g/mol. The Hall–Kier alpha value is -0.640. The van der Waals surface area contributed by atoms with E-state index in [0.717, 1.165) is 24.4 Å². The highest BCUT2D eigenvalue weighted by Gasteiger charge is 2.33. The highest BCUT2D eigenvalue weighted by Crippen LogP contribution is 2.21. The van der Waals surface area contributed by atoms with Gasteiger partial charge in [0.1, 0.15) is 6.04 Å². The van der Waals surface area contributed by atoms with E-state index in [1.165, 1.54) is 0 Å². The SMILES string of the molecule is CCOC(=O)C1CCCN1C(=S)C(C)C. The summed E-state index contributed by atoms with van der Waals surface area (Å²) in [6.07, 6.45) is 1.89. The van der Waals surface area contributed by atoms with Gasteiger partial charge in [-0.25, -0.2) is 4.79 Å². The fraction of sp³-hybridized carbons (Fsp3) is 0.818. The average Bonchev–Trinajstić information content (AvgIpc) is 2.65. The van der Waals surface area contributed by atoms with Gasteiger partial charge in [-0.1, -0.05) is 26.1 Å². The van der Waals surface area contributed by atoms with Crippen LogP contribution in [0.5, 0.6) is 0 Å². The second-order valence-corrected chi connectivity index (χ2v) is 4.51. The van der Waals surface area contributed by atoms with Crippen LogP contribution < -0.4 is 0 Å². The molecule has 0 N–H and O–H groups in total. The van der Waals surface area contributed by atoms with Crippen molar-refractivity contribution < 1.29 is 9.53 Å². The Morgan fingerprint density at radius 3 is 2.80 bits per heavy atom. The predicted octanol–water partition coefficient (Wildman–Crippen LogP) is 2.00. The van der Waals surface area contributed by atoms with Gasteiger partial charge in [-0.15, -0.1) is 0 Å². The largest absolute Gasteiger partial charge is 0.464 e. The molecular formula is C11H19NO2S. The maximum Gasteiger partial charge on any atom is 0.328 e. The van der Waals surface area contributed by atoms with E-state index < -0.39 is 0 Å². The first-order valence-electron chi connectivity index (χ1n) is 5.55. The summed E-state index contributed by atoms with van der Waals surface area (Å²) in [5, 5.41) is 0. The predicted molar refractivity (Wildman–Crippen MR) is 63.8 cm³/mol. The summed E-state index contributed by atoms with van der Waals surface area (Å²) in [7, 11) is 0. The van der Waals surface area contributed by atoms with Crippen molar-refractivity contribution in [3.8, 4) is 0 Å². The second-order valence-electron chi connectivity index (χ2n) is 4.10. The molecule has 0 aromatic heterocycles. The molecule has 1 fully saturated rings. The van der Waals surface area contributed by atoms with Crippen molar-refractivity contribution in [3.05, 3.63) is 0 Å². The van der Waals surface area contributed by atoms with E-state index in [0.29, 0.717) is 12.5 Å². The number of carbonyl (C=O) groups excluding carboxylic acids is 1. The van der Waals surface area contributed by atoms with Gasteiger partial charge in [0.15, 0.2) is 0 Å². The summed E-state index contributed by atoms with van der Waals surface area (Å²) in [6.45, 7) is 7.28. The molecule has 0 bridgehead atoms. The lowest BCUT2D eigenvalue weighted by molar-refractivity contribution is -0.147. The smallest absolute Gasteiger partial charge is 0.328 e. The maximum atomic E-state index is 11.7. The van der Waals surface area contributed by atoms with Gasteiger partial charge in [-0.2, -0.15) is 0 Å². The molecule has 0 radical (unpaired) electrons. The third-order valence-corrected chi connectivity index (χ3v) is 3.29. The Kier molecular flexibility index (Phi) is 4.51. The van der Waals surface area contributed by atoms with E-state index in [-0.39, 0.29) is 12.0 Å². The summed E-state index contributed by atoms with van der Waals surface area (Å²) < 4.78 is 5.05. The van der Waals surface area contributed by atoms with E-state index in [9.17, 15) is 4.79 Å². The molecule has 0 amide bonds. The molecule has 3 nitrogen and oxygen atoms in total. The molecule has 86 valence electrons. The van der Waals surface area contributed by atoms with Crippen LogP contribution in [-0.4, -0.2) is 35.1 Å². The number of ether oxygens (including phenoxy) is 1. The van der Waals surface area contributed by atoms with Crippen LogP contribution in [0.15, 0.2) is 0 Å². The number of carbonyl (C=O) groups is 1. The third kappa shape index (κ3) is 2.91. The lowest BCUT2D eigenvalue weighted by atomic mass is 10.1. The molecule has 1 aliphatic rings. The Balaban J connectivity index is 2.64. The van der Waals surface area contributed by atoms with Gasteiger partial charge in [0.25, 0.3) is 0 Å². The molecule has 1 saturated heterocycles. The summed E-state index contributed by atoms with van der Waals surface area (Å²) in [5.41, 5.74) is 0. The summed E-state index contributed by atoms with van der Waals surface area (Å²) in [5.74, 6) is 0.188. The van der Waals surface area contributed by atoms with Crippen molar-refractivity contribution in [2.24, 2.45) is 5.92 Å². The topological polar surface area (TPSA) is 29.5 Å². The molecule has 0 spiro atoms. The fourth-order valence-corrected chi connectivity index (χ4v) is 2.06. The van der Waals surface area contributed by atoms with E-state index in [1.807, 2.05) is 11.8 Å². The van der Waals surface area contributed by atoms with Crippen LogP contribution in [0.2, 0.25) is 0 Å². The summed E-state index contributed by atoms with van der Waals surface area (Å²) >= 11 is 5.34. The molecule has 1 unspecified atom stereocenters.